The topological polar surface area (TPSA) is 42.4 Å². The number of carbonyl (C=O) groups excluding carboxylic acids is 1. The number of hydrogen-bond acceptors (Lipinski definition) is 4. The Hall–Kier alpha value is -1.20. The molecule has 5 heteroatoms. The zero-order chi connectivity index (χ0) is 10.7. The molecule has 2 heterocycles. The number of rotatable bonds is 2. The molecule has 1 aliphatic rings. The van der Waals surface area contributed by atoms with Gasteiger partial charge >= 0.3 is 0 Å². The first-order valence-corrected chi connectivity index (χ1v) is 5.68. The highest BCUT2D eigenvalue weighted by Gasteiger charge is 2.16. The maximum Gasteiger partial charge on any atom is 0.270 e. The van der Waals surface area contributed by atoms with E-state index in [1.54, 1.807) is 17.4 Å². The van der Waals surface area contributed by atoms with E-state index >= 15 is 0 Å². The van der Waals surface area contributed by atoms with E-state index in [1.807, 2.05) is 12.3 Å². The van der Waals surface area contributed by atoms with Crippen molar-refractivity contribution in [3.05, 3.63) is 22.2 Å². The molecule has 1 saturated heterocycles. The first-order chi connectivity index (χ1) is 7.25. The maximum absolute atomic E-state index is 11.5. The Morgan fingerprint density at radius 3 is 3.20 bits per heavy atom. The fourth-order valence-electron chi connectivity index (χ4n) is 1.32. The van der Waals surface area contributed by atoms with Gasteiger partial charge in [0.1, 0.15) is 0 Å². The fourth-order valence-corrected chi connectivity index (χ4v) is 1.90. The van der Waals surface area contributed by atoms with E-state index in [0.29, 0.717) is 13.2 Å². The molecule has 15 heavy (non-hydrogen) atoms. The lowest BCUT2D eigenvalue weighted by Gasteiger charge is -2.09. The van der Waals surface area contributed by atoms with Gasteiger partial charge in [0.15, 0.2) is 0 Å². The molecule has 2 rings (SSSR count). The summed E-state index contributed by atoms with van der Waals surface area (Å²) in [5.41, 5.74) is 0.824. The highest BCUT2D eigenvalue weighted by atomic mass is 32.1. The Balaban J connectivity index is 1.95. The number of hydroxylamine groups is 2. The van der Waals surface area contributed by atoms with Crippen LogP contribution < -0.4 is 0 Å². The fraction of sp³-hybridized carbons (Fsp3) is 0.400. The van der Waals surface area contributed by atoms with E-state index < -0.39 is 0 Å². The van der Waals surface area contributed by atoms with Gasteiger partial charge in [-0.25, -0.2) is 10.0 Å². The molecule has 1 aromatic rings. The van der Waals surface area contributed by atoms with Crippen LogP contribution in [0.3, 0.4) is 0 Å². The van der Waals surface area contributed by atoms with E-state index in [1.165, 1.54) is 11.1 Å². The third kappa shape index (κ3) is 2.64. The van der Waals surface area contributed by atoms with E-state index in [9.17, 15) is 4.79 Å². The molecular formula is C10H12N2O2S. The van der Waals surface area contributed by atoms with Gasteiger partial charge in [-0.2, -0.15) is 0 Å². The van der Waals surface area contributed by atoms with E-state index in [0.717, 1.165) is 17.1 Å². The molecule has 1 amide bonds. The van der Waals surface area contributed by atoms with Crippen LogP contribution in [0.1, 0.15) is 17.1 Å². The van der Waals surface area contributed by atoms with E-state index in [4.69, 9.17) is 4.84 Å². The monoisotopic (exact) mass is 224 g/mol. The first-order valence-electron chi connectivity index (χ1n) is 4.80. The lowest BCUT2D eigenvalue weighted by atomic mass is 10.4. The number of amides is 1. The average molecular weight is 224 g/mol. The Bertz CT molecular complexity index is 381. The SMILES string of the molecule is Cc1nc(/C=C/C(=O)N2CCCO2)cs1. The van der Waals surface area contributed by atoms with Crippen LogP contribution >= 0.6 is 11.3 Å². The molecule has 0 radical (unpaired) electrons. The minimum absolute atomic E-state index is 0.113. The molecule has 1 fully saturated rings. The molecule has 1 aromatic heterocycles. The molecule has 0 atom stereocenters. The van der Waals surface area contributed by atoms with Crippen molar-refractivity contribution >= 4 is 23.3 Å². The molecule has 1 aliphatic heterocycles. The quantitative estimate of drug-likeness (QED) is 0.717. The molecule has 0 aromatic carbocycles. The minimum Gasteiger partial charge on any atom is -0.271 e. The second-order valence-electron chi connectivity index (χ2n) is 3.25. The summed E-state index contributed by atoms with van der Waals surface area (Å²) in [4.78, 5) is 20.9. The molecule has 0 N–H and O–H groups in total. The Morgan fingerprint density at radius 1 is 1.73 bits per heavy atom. The lowest BCUT2D eigenvalue weighted by Crippen LogP contribution is -2.24. The largest absolute Gasteiger partial charge is 0.271 e. The number of aryl methyl sites for hydroxylation is 1. The van der Waals surface area contributed by atoms with Crippen LogP contribution in [-0.2, 0) is 9.63 Å². The van der Waals surface area contributed by atoms with Gasteiger partial charge < -0.3 is 0 Å². The first kappa shape index (κ1) is 10.3. The average Bonchev–Trinajstić information content (AvgIpc) is 2.84. The predicted octanol–water partition coefficient (Wildman–Crippen LogP) is 1.63. The van der Waals surface area contributed by atoms with Crippen molar-refractivity contribution in [1.29, 1.82) is 0 Å². The summed E-state index contributed by atoms with van der Waals surface area (Å²) < 4.78 is 0. The zero-order valence-corrected chi connectivity index (χ0v) is 9.29. The molecule has 0 spiro atoms. The molecule has 0 unspecified atom stereocenters. The third-order valence-electron chi connectivity index (χ3n) is 2.03. The van der Waals surface area contributed by atoms with Crippen molar-refractivity contribution in [2.45, 2.75) is 13.3 Å². The summed E-state index contributed by atoms with van der Waals surface area (Å²) in [5.74, 6) is -0.113. The van der Waals surface area contributed by atoms with Crippen molar-refractivity contribution < 1.29 is 9.63 Å². The van der Waals surface area contributed by atoms with Crippen LogP contribution in [0.4, 0.5) is 0 Å². The van der Waals surface area contributed by atoms with Crippen molar-refractivity contribution in [1.82, 2.24) is 10.0 Å². The zero-order valence-electron chi connectivity index (χ0n) is 8.47. The van der Waals surface area contributed by atoms with Crippen LogP contribution in [0.5, 0.6) is 0 Å². The number of nitrogens with zero attached hydrogens (tertiary/aromatic N) is 2. The van der Waals surface area contributed by atoms with Crippen LogP contribution in [-0.4, -0.2) is 29.1 Å². The van der Waals surface area contributed by atoms with Gasteiger partial charge in [-0.05, 0) is 19.4 Å². The summed E-state index contributed by atoms with van der Waals surface area (Å²) in [6, 6.07) is 0. The predicted molar refractivity (Wildman–Crippen MR) is 58.2 cm³/mol. The molecule has 0 aliphatic carbocycles. The Labute approximate surface area is 92.1 Å². The van der Waals surface area contributed by atoms with E-state index in [-0.39, 0.29) is 5.91 Å². The van der Waals surface area contributed by atoms with Crippen molar-refractivity contribution in [2.75, 3.05) is 13.2 Å². The Kier molecular flexibility index (Phi) is 3.13. The van der Waals surface area contributed by atoms with Gasteiger partial charge in [-0.3, -0.25) is 9.63 Å². The third-order valence-corrected chi connectivity index (χ3v) is 2.82. The molecule has 4 nitrogen and oxygen atoms in total. The minimum atomic E-state index is -0.113. The smallest absolute Gasteiger partial charge is 0.270 e. The van der Waals surface area contributed by atoms with Crippen molar-refractivity contribution in [2.24, 2.45) is 0 Å². The second kappa shape index (κ2) is 4.55. The van der Waals surface area contributed by atoms with Crippen LogP contribution in [0, 0.1) is 6.92 Å². The standard InChI is InChI=1S/C10H12N2O2S/c1-8-11-9(7-15-8)3-4-10(13)12-5-2-6-14-12/h3-4,7H,2,5-6H2,1H3/b4-3+. The van der Waals surface area contributed by atoms with Gasteiger partial charge in [0.25, 0.3) is 5.91 Å². The summed E-state index contributed by atoms with van der Waals surface area (Å²) >= 11 is 1.57. The number of aromatic nitrogens is 1. The van der Waals surface area contributed by atoms with Gasteiger partial charge in [-0.1, -0.05) is 0 Å². The van der Waals surface area contributed by atoms with Crippen LogP contribution in [0.25, 0.3) is 6.08 Å². The summed E-state index contributed by atoms with van der Waals surface area (Å²) in [6.45, 7) is 3.25. The van der Waals surface area contributed by atoms with Crippen LogP contribution in [0.2, 0.25) is 0 Å². The van der Waals surface area contributed by atoms with Gasteiger partial charge in [0.05, 0.1) is 23.9 Å². The van der Waals surface area contributed by atoms with Crippen LogP contribution in [0.15, 0.2) is 11.5 Å². The number of thiazole rings is 1. The maximum atomic E-state index is 11.5. The van der Waals surface area contributed by atoms with Gasteiger partial charge in [-0.15, -0.1) is 11.3 Å². The molecular weight excluding hydrogens is 212 g/mol. The van der Waals surface area contributed by atoms with Gasteiger partial charge in [0, 0.05) is 11.5 Å². The van der Waals surface area contributed by atoms with Crippen molar-refractivity contribution in [3.63, 3.8) is 0 Å². The number of carbonyl (C=O) groups is 1. The summed E-state index contributed by atoms with van der Waals surface area (Å²) in [7, 11) is 0. The van der Waals surface area contributed by atoms with Crippen molar-refractivity contribution in [3.8, 4) is 0 Å². The highest BCUT2D eigenvalue weighted by molar-refractivity contribution is 7.09. The van der Waals surface area contributed by atoms with E-state index in [2.05, 4.69) is 4.98 Å². The molecule has 80 valence electrons. The molecule has 0 saturated carbocycles. The second-order valence-corrected chi connectivity index (χ2v) is 4.31. The van der Waals surface area contributed by atoms with Gasteiger partial charge in [0.2, 0.25) is 0 Å². The Morgan fingerprint density at radius 2 is 2.60 bits per heavy atom. The lowest BCUT2D eigenvalue weighted by molar-refractivity contribution is -0.162. The highest BCUT2D eigenvalue weighted by Crippen LogP contribution is 2.10. The summed E-state index contributed by atoms with van der Waals surface area (Å²) in [5, 5.41) is 4.30. The molecule has 0 bridgehead atoms. The number of hydrogen-bond donors (Lipinski definition) is 0. The summed E-state index contributed by atoms with van der Waals surface area (Å²) in [6.07, 6.45) is 4.13. The normalized spacial score (nSPS) is 16.5.